The molecule has 1 saturated heterocycles. The van der Waals surface area contributed by atoms with E-state index in [4.69, 9.17) is 0 Å². The molecule has 0 radical (unpaired) electrons. The van der Waals surface area contributed by atoms with Crippen molar-refractivity contribution in [3.63, 3.8) is 0 Å². The number of nitrogens with one attached hydrogen (secondary N) is 1. The summed E-state index contributed by atoms with van der Waals surface area (Å²) in [6.45, 7) is 7.35. The number of rotatable bonds is 6. The summed E-state index contributed by atoms with van der Waals surface area (Å²) in [7, 11) is 2.21. The lowest BCUT2D eigenvalue weighted by molar-refractivity contribution is 0.226. The third-order valence-corrected chi connectivity index (χ3v) is 4.73. The van der Waals surface area contributed by atoms with Crippen molar-refractivity contribution in [2.24, 2.45) is 5.92 Å². The van der Waals surface area contributed by atoms with Gasteiger partial charge in [0.1, 0.15) is 0 Å². The lowest BCUT2D eigenvalue weighted by atomic mass is 9.97. The van der Waals surface area contributed by atoms with Gasteiger partial charge in [0.2, 0.25) is 0 Å². The summed E-state index contributed by atoms with van der Waals surface area (Å²) in [5.41, 5.74) is 1.27. The fourth-order valence-corrected chi connectivity index (χ4v) is 3.18. The maximum absolute atomic E-state index is 3.79. The second-order valence-electron chi connectivity index (χ2n) is 5.22. The monoisotopic (exact) mass is 276 g/mol. The fraction of sp³-hybridized carbons (Fsp3) is 0.500. The zero-order valence-electron chi connectivity index (χ0n) is 11.8. The van der Waals surface area contributed by atoms with E-state index in [9.17, 15) is 0 Å². The molecule has 1 N–H and O–H groups in total. The van der Waals surface area contributed by atoms with E-state index in [1.54, 1.807) is 0 Å². The number of benzene rings is 1. The normalized spacial score (nSPS) is 17.3. The Balaban J connectivity index is 1.86. The molecule has 104 valence electrons. The quantitative estimate of drug-likeness (QED) is 0.630. The van der Waals surface area contributed by atoms with Gasteiger partial charge in [-0.15, -0.1) is 18.3 Å². The average molecular weight is 276 g/mol. The van der Waals surface area contributed by atoms with Crippen LogP contribution >= 0.6 is 11.8 Å². The Morgan fingerprint density at radius 3 is 2.84 bits per heavy atom. The number of hydrogen-bond donors (Lipinski definition) is 1. The lowest BCUT2D eigenvalue weighted by Crippen LogP contribution is -2.33. The van der Waals surface area contributed by atoms with Gasteiger partial charge in [0.05, 0.1) is 0 Å². The highest BCUT2D eigenvalue weighted by Crippen LogP contribution is 2.27. The molecule has 1 aliphatic heterocycles. The van der Waals surface area contributed by atoms with Crippen molar-refractivity contribution in [2.75, 3.05) is 37.8 Å². The van der Waals surface area contributed by atoms with E-state index >= 15 is 0 Å². The molecule has 1 fully saturated rings. The largest absolute Gasteiger partial charge is 0.384 e. The van der Waals surface area contributed by atoms with Gasteiger partial charge in [0.15, 0.2) is 0 Å². The summed E-state index contributed by atoms with van der Waals surface area (Å²) >= 11 is 1.85. The van der Waals surface area contributed by atoms with E-state index in [-0.39, 0.29) is 0 Å². The van der Waals surface area contributed by atoms with Crippen LogP contribution in [0.1, 0.15) is 12.8 Å². The first kappa shape index (κ1) is 14.5. The molecular formula is C16H24N2S. The number of thioether (sulfide) groups is 1. The lowest BCUT2D eigenvalue weighted by Gasteiger charge is -2.29. The average Bonchev–Trinajstić information content (AvgIpc) is 2.45. The third-order valence-electron chi connectivity index (χ3n) is 3.66. The number of likely N-dealkylation sites (tertiary alicyclic amines) is 1. The van der Waals surface area contributed by atoms with E-state index in [2.05, 4.69) is 48.1 Å². The minimum atomic E-state index is 0.814. The Morgan fingerprint density at radius 2 is 2.11 bits per heavy atom. The van der Waals surface area contributed by atoms with Crippen LogP contribution in [-0.4, -0.2) is 37.3 Å². The Kier molecular flexibility index (Phi) is 5.80. The predicted molar refractivity (Wildman–Crippen MR) is 86.1 cm³/mol. The summed E-state index contributed by atoms with van der Waals surface area (Å²) in [5.74, 6) is 1.78. The smallest absolute Gasteiger partial charge is 0.0478 e. The molecule has 0 atom stereocenters. The van der Waals surface area contributed by atoms with Gasteiger partial charge in [-0.3, -0.25) is 0 Å². The van der Waals surface area contributed by atoms with Crippen molar-refractivity contribution in [1.82, 2.24) is 4.90 Å². The second kappa shape index (κ2) is 7.61. The van der Waals surface area contributed by atoms with Crippen molar-refractivity contribution >= 4 is 17.4 Å². The first-order valence-electron chi connectivity index (χ1n) is 7.04. The minimum absolute atomic E-state index is 0.814. The first-order chi connectivity index (χ1) is 9.29. The molecule has 1 heterocycles. The maximum atomic E-state index is 3.79. The van der Waals surface area contributed by atoms with Gasteiger partial charge < -0.3 is 10.2 Å². The van der Waals surface area contributed by atoms with Crippen LogP contribution in [0.5, 0.6) is 0 Å². The topological polar surface area (TPSA) is 15.3 Å². The van der Waals surface area contributed by atoms with E-state index in [1.807, 2.05) is 17.8 Å². The van der Waals surface area contributed by atoms with E-state index < -0.39 is 0 Å². The molecule has 2 nitrogen and oxygen atoms in total. The van der Waals surface area contributed by atoms with Crippen LogP contribution in [0.3, 0.4) is 0 Å². The summed E-state index contributed by atoms with van der Waals surface area (Å²) in [6, 6.07) is 8.58. The molecule has 0 saturated carbocycles. The number of para-hydroxylation sites is 1. The van der Waals surface area contributed by atoms with E-state index in [0.29, 0.717) is 0 Å². The summed E-state index contributed by atoms with van der Waals surface area (Å²) in [6.07, 6.45) is 4.58. The molecule has 0 bridgehead atoms. The summed E-state index contributed by atoms with van der Waals surface area (Å²) in [4.78, 5) is 3.75. The van der Waals surface area contributed by atoms with Crippen LogP contribution in [-0.2, 0) is 0 Å². The van der Waals surface area contributed by atoms with Gasteiger partial charge in [-0.25, -0.2) is 0 Å². The van der Waals surface area contributed by atoms with Crippen molar-refractivity contribution in [2.45, 2.75) is 17.7 Å². The van der Waals surface area contributed by atoms with Crippen LogP contribution < -0.4 is 5.32 Å². The van der Waals surface area contributed by atoms with Gasteiger partial charge in [0, 0.05) is 22.9 Å². The van der Waals surface area contributed by atoms with Crippen molar-refractivity contribution in [3.05, 3.63) is 36.9 Å². The van der Waals surface area contributed by atoms with E-state index in [0.717, 1.165) is 18.2 Å². The molecule has 0 spiro atoms. The second-order valence-corrected chi connectivity index (χ2v) is 6.29. The summed E-state index contributed by atoms with van der Waals surface area (Å²) < 4.78 is 0. The van der Waals surface area contributed by atoms with Gasteiger partial charge in [0.25, 0.3) is 0 Å². The van der Waals surface area contributed by atoms with Gasteiger partial charge in [-0.05, 0) is 51.0 Å². The van der Waals surface area contributed by atoms with Crippen LogP contribution in [0.15, 0.2) is 41.8 Å². The van der Waals surface area contributed by atoms with Crippen LogP contribution in [0.4, 0.5) is 5.69 Å². The Hall–Kier alpha value is -0.930. The van der Waals surface area contributed by atoms with Crippen LogP contribution in [0.25, 0.3) is 0 Å². The van der Waals surface area contributed by atoms with Crippen LogP contribution in [0.2, 0.25) is 0 Å². The van der Waals surface area contributed by atoms with Crippen molar-refractivity contribution < 1.29 is 0 Å². The molecule has 0 aliphatic carbocycles. The molecular weight excluding hydrogens is 252 g/mol. The molecule has 2 rings (SSSR count). The molecule has 0 amide bonds. The highest BCUT2D eigenvalue weighted by molar-refractivity contribution is 7.99. The Morgan fingerprint density at radius 1 is 1.37 bits per heavy atom. The van der Waals surface area contributed by atoms with Gasteiger partial charge in [-0.1, -0.05) is 18.2 Å². The van der Waals surface area contributed by atoms with Crippen LogP contribution in [0, 0.1) is 5.92 Å². The molecule has 0 aromatic heterocycles. The zero-order valence-corrected chi connectivity index (χ0v) is 12.6. The highest BCUT2D eigenvalue weighted by Gasteiger charge is 2.16. The number of hydrogen-bond acceptors (Lipinski definition) is 3. The predicted octanol–water partition coefficient (Wildman–Crippen LogP) is 3.72. The minimum Gasteiger partial charge on any atom is -0.384 e. The number of piperidine rings is 1. The number of anilines is 1. The third kappa shape index (κ3) is 4.59. The van der Waals surface area contributed by atoms with E-state index in [1.165, 1.54) is 36.5 Å². The Labute approximate surface area is 121 Å². The van der Waals surface area contributed by atoms with Crippen molar-refractivity contribution in [1.29, 1.82) is 0 Å². The molecule has 19 heavy (non-hydrogen) atoms. The Bertz CT molecular complexity index is 397. The first-order valence-corrected chi connectivity index (χ1v) is 8.03. The maximum Gasteiger partial charge on any atom is 0.0478 e. The molecule has 1 aliphatic rings. The van der Waals surface area contributed by atoms with Gasteiger partial charge >= 0.3 is 0 Å². The zero-order chi connectivity index (χ0) is 13.5. The molecule has 3 heteroatoms. The molecule has 1 aromatic rings. The summed E-state index contributed by atoms with van der Waals surface area (Å²) in [5, 5.41) is 3.63. The highest BCUT2D eigenvalue weighted by atomic mass is 32.2. The SMILES string of the molecule is C=CCSc1ccccc1NCC1CCN(C)CC1. The fourth-order valence-electron chi connectivity index (χ4n) is 2.41. The number of nitrogens with zero attached hydrogens (tertiary/aromatic N) is 1. The molecule has 1 aromatic carbocycles. The standard InChI is InChI=1S/C16H24N2S/c1-3-12-19-16-7-5-4-6-15(16)17-13-14-8-10-18(2)11-9-14/h3-7,14,17H,1,8-13H2,2H3. The van der Waals surface area contributed by atoms with Crippen molar-refractivity contribution in [3.8, 4) is 0 Å². The molecule has 0 unspecified atom stereocenters. The van der Waals surface area contributed by atoms with Gasteiger partial charge in [-0.2, -0.15) is 0 Å².